The van der Waals surface area contributed by atoms with Crippen LogP contribution in [0.15, 0.2) is 6.20 Å². The molecule has 1 saturated heterocycles. The summed E-state index contributed by atoms with van der Waals surface area (Å²) < 4.78 is 0. The van der Waals surface area contributed by atoms with Crippen molar-refractivity contribution in [1.82, 2.24) is 9.97 Å². The fourth-order valence-corrected chi connectivity index (χ4v) is 3.62. The Balaban J connectivity index is 1.80. The molecule has 2 heterocycles. The number of aromatic nitrogens is 2. The highest BCUT2D eigenvalue weighted by Crippen LogP contribution is 2.38. The molecule has 4 heteroatoms. The molecule has 1 atom stereocenters. The Labute approximate surface area is 94.2 Å². The Hall–Kier alpha value is -0.480. The van der Waals surface area contributed by atoms with E-state index in [0.29, 0.717) is 5.92 Å². The lowest BCUT2D eigenvalue weighted by molar-refractivity contribution is 0.239. The first-order valence-electron chi connectivity index (χ1n) is 5.70. The third-order valence-corrected chi connectivity index (χ3v) is 4.84. The largest absolute Gasteiger partial charge is 0.344 e. The number of hydrogen-bond donors (Lipinski definition) is 2. The second kappa shape index (κ2) is 3.52. The van der Waals surface area contributed by atoms with E-state index in [4.69, 9.17) is 5.73 Å². The maximum Gasteiger partial charge on any atom is 0.126 e. The van der Waals surface area contributed by atoms with E-state index in [2.05, 4.69) is 9.97 Å². The van der Waals surface area contributed by atoms with Gasteiger partial charge in [-0.1, -0.05) is 0 Å². The third-order valence-electron chi connectivity index (χ3n) is 3.68. The van der Waals surface area contributed by atoms with Gasteiger partial charge in [-0.15, -0.1) is 0 Å². The first-order chi connectivity index (χ1) is 7.28. The normalized spacial score (nSPS) is 29.0. The lowest BCUT2D eigenvalue weighted by atomic mass is 9.77. The molecule has 0 radical (unpaired) electrons. The van der Waals surface area contributed by atoms with Gasteiger partial charge in [-0.05, 0) is 31.4 Å². The maximum atomic E-state index is 6.24. The SMILES string of the molecule is NC1(c2ncc(C3CCSC3)[nH]2)CCC1. The number of nitrogens with two attached hydrogens (primary N) is 1. The van der Waals surface area contributed by atoms with Crippen LogP contribution < -0.4 is 5.73 Å². The van der Waals surface area contributed by atoms with Gasteiger partial charge in [-0.2, -0.15) is 11.8 Å². The molecular formula is C11H17N3S. The fourth-order valence-electron chi connectivity index (χ4n) is 2.37. The summed E-state index contributed by atoms with van der Waals surface area (Å²) in [6.07, 6.45) is 6.69. The van der Waals surface area contributed by atoms with Crippen molar-refractivity contribution in [3.8, 4) is 0 Å². The van der Waals surface area contributed by atoms with Crippen molar-refractivity contribution < 1.29 is 0 Å². The topological polar surface area (TPSA) is 54.7 Å². The summed E-state index contributed by atoms with van der Waals surface area (Å²) in [5.74, 6) is 4.21. The lowest BCUT2D eigenvalue weighted by Gasteiger charge is -2.36. The number of thioether (sulfide) groups is 1. The van der Waals surface area contributed by atoms with Crippen molar-refractivity contribution in [3.63, 3.8) is 0 Å². The van der Waals surface area contributed by atoms with E-state index in [9.17, 15) is 0 Å². The number of nitrogens with zero attached hydrogens (tertiary/aromatic N) is 1. The van der Waals surface area contributed by atoms with Gasteiger partial charge < -0.3 is 10.7 Å². The van der Waals surface area contributed by atoms with Gasteiger partial charge in [0.2, 0.25) is 0 Å². The highest BCUT2D eigenvalue weighted by molar-refractivity contribution is 7.99. The van der Waals surface area contributed by atoms with E-state index in [1.165, 1.54) is 30.0 Å². The minimum atomic E-state index is -0.135. The summed E-state index contributed by atoms with van der Waals surface area (Å²) in [4.78, 5) is 7.91. The first kappa shape index (κ1) is 9.73. The van der Waals surface area contributed by atoms with Gasteiger partial charge in [0.25, 0.3) is 0 Å². The van der Waals surface area contributed by atoms with Crippen LogP contribution in [-0.4, -0.2) is 21.5 Å². The molecule has 1 aliphatic heterocycles. The molecule has 0 aromatic carbocycles. The van der Waals surface area contributed by atoms with Crippen LogP contribution in [0.3, 0.4) is 0 Å². The van der Waals surface area contributed by atoms with Crippen molar-refractivity contribution in [2.24, 2.45) is 5.73 Å². The van der Waals surface area contributed by atoms with E-state index in [0.717, 1.165) is 18.7 Å². The van der Waals surface area contributed by atoms with Crippen molar-refractivity contribution in [1.29, 1.82) is 0 Å². The van der Waals surface area contributed by atoms with Crippen LogP contribution in [0.2, 0.25) is 0 Å². The minimum absolute atomic E-state index is 0.135. The third kappa shape index (κ3) is 1.60. The summed E-state index contributed by atoms with van der Waals surface area (Å²) in [6.45, 7) is 0. The lowest BCUT2D eigenvalue weighted by Crippen LogP contribution is -2.44. The second-order valence-corrected chi connectivity index (χ2v) is 5.91. The summed E-state index contributed by atoms with van der Waals surface area (Å²) in [7, 11) is 0. The molecule has 1 aliphatic carbocycles. The number of H-pyrrole nitrogens is 1. The first-order valence-corrected chi connectivity index (χ1v) is 6.85. The molecule has 1 saturated carbocycles. The van der Waals surface area contributed by atoms with Gasteiger partial charge in [-0.25, -0.2) is 4.98 Å². The number of nitrogens with one attached hydrogen (secondary N) is 1. The van der Waals surface area contributed by atoms with E-state index >= 15 is 0 Å². The van der Waals surface area contributed by atoms with Gasteiger partial charge in [0.05, 0.1) is 5.54 Å². The molecule has 15 heavy (non-hydrogen) atoms. The molecule has 3 N–H and O–H groups in total. The van der Waals surface area contributed by atoms with Crippen LogP contribution in [0.5, 0.6) is 0 Å². The van der Waals surface area contributed by atoms with Crippen LogP contribution in [0, 0.1) is 0 Å². The smallest absolute Gasteiger partial charge is 0.126 e. The molecule has 1 aromatic heterocycles. The van der Waals surface area contributed by atoms with Gasteiger partial charge >= 0.3 is 0 Å². The van der Waals surface area contributed by atoms with Gasteiger partial charge in [-0.3, -0.25) is 0 Å². The number of imidazole rings is 1. The Bertz CT molecular complexity index is 350. The summed E-state index contributed by atoms with van der Waals surface area (Å²) in [6, 6.07) is 0. The highest BCUT2D eigenvalue weighted by Gasteiger charge is 2.37. The minimum Gasteiger partial charge on any atom is -0.344 e. The van der Waals surface area contributed by atoms with Crippen molar-refractivity contribution in [2.45, 2.75) is 37.1 Å². The molecule has 0 spiro atoms. The summed E-state index contributed by atoms with van der Waals surface area (Å²) in [5, 5.41) is 0. The Morgan fingerprint density at radius 3 is 3.00 bits per heavy atom. The molecule has 1 aromatic rings. The zero-order chi connectivity index (χ0) is 10.3. The standard InChI is InChI=1S/C11H17N3S/c12-11(3-1-4-11)10-13-6-9(14-10)8-2-5-15-7-8/h6,8H,1-5,7,12H2,(H,13,14). The zero-order valence-corrected chi connectivity index (χ0v) is 9.65. The molecule has 3 nitrogen and oxygen atoms in total. The van der Waals surface area contributed by atoms with E-state index in [-0.39, 0.29) is 5.54 Å². The molecule has 1 unspecified atom stereocenters. The molecule has 0 amide bonds. The summed E-state index contributed by atoms with van der Waals surface area (Å²) in [5.41, 5.74) is 7.40. The van der Waals surface area contributed by atoms with E-state index in [1.807, 2.05) is 18.0 Å². The monoisotopic (exact) mass is 223 g/mol. The van der Waals surface area contributed by atoms with Crippen LogP contribution in [-0.2, 0) is 5.54 Å². The Morgan fingerprint density at radius 2 is 2.40 bits per heavy atom. The Morgan fingerprint density at radius 1 is 1.53 bits per heavy atom. The fraction of sp³-hybridized carbons (Fsp3) is 0.727. The van der Waals surface area contributed by atoms with Crippen LogP contribution >= 0.6 is 11.8 Å². The predicted octanol–water partition coefficient (Wildman–Crippen LogP) is 1.97. The predicted molar refractivity (Wildman–Crippen MR) is 63.0 cm³/mol. The van der Waals surface area contributed by atoms with E-state index in [1.54, 1.807) is 0 Å². The molecule has 2 aliphatic rings. The molecule has 3 rings (SSSR count). The second-order valence-electron chi connectivity index (χ2n) is 4.76. The number of aromatic amines is 1. The van der Waals surface area contributed by atoms with Crippen LogP contribution in [0.25, 0.3) is 0 Å². The average Bonchev–Trinajstić information content (AvgIpc) is 2.84. The van der Waals surface area contributed by atoms with E-state index < -0.39 is 0 Å². The zero-order valence-electron chi connectivity index (χ0n) is 8.83. The van der Waals surface area contributed by atoms with Crippen LogP contribution in [0.1, 0.15) is 43.1 Å². The average molecular weight is 223 g/mol. The van der Waals surface area contributed by atoms with Crippen LogP contribution in [0.4, 0.5) is 0 Å². The highest BCUT2D eigenvalue weighted by atomic mass is 32.2. The Kier molecular flexibility index (Phi) is 2.29. The molecule has 82 valence electrons. The number of hydrogen-bond acceptors (Lipinski definition) is 3. The molecule has 2 fully saturated rings. The quantitative estimate of drug-likeness (QED) is 0.806. The van der Waals surface area contributed by atoms with Gasteiger partial charge in [0, 0.05) is 23.6 Å². The molecular weight excluding hydrogens is 206 g/mol. The maximum absolute atomic E-state index is 6.24. The summed E-state index contributed by atoms with van der Waals surface area (Å²) >= 11 is 2.03. The van der Waals surface area contributed by atoms with Crippen molar-refractivity contribution in [2.75, 3.05) is 11.5 Å². The molecule has 0 bridgehead atoms. The van der Waals surface area contributed by atoms with Crippen molar-refractivity contribution >= 4 is 11.8 Å². The van der Waals surface area contributed by atoms with Gasteiger partial charge in [0.1, 0.15) is 5.82 Å². The number of rotatable bonds is 2. The van der Waals surface area contributed by atoms with Gasteiger partial charge in [0.15, 0.2) is 0 Å². The van der Waals surface area contributed by atoms with Crippen molar-refractivity contribution in [3.05, 3.63) is 17.7 Å².